The summed E-state index contributed by atoms with van der Waals surface area (Å²) in [5, 5.41) is 7.66. The van der Waals surface area contributed by atoms with Crippen molar-refractivity contribution in [1.29, 1.82) is 0 Å². The molecule has 9 aromatic carbocycles. The summed E-state index contributed by atoms with van der Waals surface area (Å²) in [5.41, 5.74) is 11.8. The molecule has 0 fully saturated rings. The first-order chi connectivity index (χ1) is 27.3. The number of hydrogen-bond acceptors (Lipinski definition) is 2. The molecular formula is C52H34N2S. The molecule has 0 radical (unpaired) electrons. The van der Waals surface area contributed by atoms with Crippen molar-refractivity contribution in [3.8, 4) is 27.9 Å². The highest BCUT2D eigenvalue weighted by Crippen LogP contribution is 2.44. The second-order valence-electron chi connectivity index (χ2n) is 14.1. The van der Waals surface area contributed by atoms with Crippen LogP contribution in [0.2, 0.25) is 0 Å². The topological polar surface area (TPSA) is 8.17 Å². The van der Waals surface area contributed by atoms with E-state index in [-0.39, 0.29) is 0 Å². The lowest BCUT2D eigenvalue weighted by molar-refractivity contribution is 1.18. The van der Waals surface area contributed by atoms with Gasteiger partial charge in [0.15, 0.2) is 0 Å². The van der Waals surface area contributed by atoms with E-state index in [0.29, 0.717) is 0 Å². The molecule has 0 aliphatic carbocycles. The number of benzene rings is 9. The highest BCUT2D eigenvalue weighted by molar-refractivity contribution is 7.26. The quantitative estimate of drug-likeness (QED) is 0.166. The summed E-state index contributed by atoms with van der Waals surface area (Å²) in [4.78, 5) is 2.40. The fourth-order valence-electron chi connectivity index (χ4n) is 8.47. The lowest BCUT2D eigenvalue weighted by Gasteiger charge is -2.28. The van der Waals surface area contributed by atoms with Gasteiger partial charge in [0.05, 0.1) is 16.7 Å². The second-order valence-corrected chi connectivity index (χ2v) is 15.1. The second kappa shape index (κ2) is 12.9. The van der Waals surface area contributed by atoms with Crippen molar-refractivity contribution in [2.24, 2.45) is 0 Å². The summed E-state index contributed by atoms with van der Waals surface area (Å²) in [6, 6.07) is 75.1. The fourth-order valence-corrected chi connectivity index (χ4v) is 9.71. The number of nitrogens with zero attached hydrogens (tertiary/aromatic N) is 2. The van der Waals surface area contributed by atoms with Crippen molar-refractivity contribution in [2.45, 2.75) is 0 Å². The highest BCUT2D eigenvalue weighted by atomic mass is 32.1. The Labute approximate surface area is 323 Å². The Hall–Kier alpha value is -6.94. The van der Waals surface area contributed by atoms with Gasteiger partial charge in [-0.1, -0.05) is 152 Å². The monoisotopic (exact) mass is 718 g/mol. The van der Waals surface area contributed by atoms with Crippen molar-refractivity contribution in [2.75, 3.05) is 4.90 Å². The number of aromatic nitrogens is 1. The molecule has 258 valence electrons. The standard InChI is InChI=1S/C52H34N2S/c1-2-13-35(14-3-1)41-16-6-9-22-48(41)53(38-28-25-37(26-29-38)43-20-12-21-47-45-19-8-11-24-50(45)55-52(43)47)39-30-32-40(33-31-39)54-49-23-10-7-18-44(49)46-34-27-36-15-4-5-17-42(36)51(46)54/h1-34H. The van der Waals surface area contributed by atoms with E-state index in [1.807, 2.05) is 11.3 Å². The van der Waals surface area contributed by atoms with E-state index in [4.69, 9.17) is 0 Å². The molecule has 11 aromatic rings. The average molecular weight is 719 g/mol. The lowest BCUT2D eigenvalue weighted by Crippen LogP contribution is -2.11. The van der Waals surface area contributed by atoms with Crippen LogP contribution in [-0.2, 0) is 0 Å². The summed E-state index contributed by atoms with van der Waals surface area (Å²) in [5.74, 6) is 0. The third kappa shape index (κ3) is 5.16. The fraction of sp³-hybridized carbons (Fsp3) is 0. The molecular weight excluding hydrogens is 685 g/mol. The molecule has 2 nitrogen and oxygen atoms in total. The number of fused-ring (bicyclic) bond motifs is 8. The molecule has 0 atom stereocenters. The van der Waals surface area contributed by atoms with Gasteiger partial charge in [-0.25, -0.2) is 0 Å². The van der Waals surface area contributed by atoms with E-state index >= 15 is 0 Å². The van der Waals surface area contributed by atoms with Crippen molar-refractivity contribution < 1.29 is 0 Å². The molecule has 0 spiro atoms. The molecule has 0 N–H and O–H groups in total. The van der Waals surface area contributed by atoms with Gasteiger partial charge in [0, 0.05) is 59.0 Å². The lowest BCUT2D eigenvalue weighted by atomic mass is 10.0. The first-order valence-corrected chi connectivity index (χ1v) is 19.6. The molecule has 0 aliphatic rings. The minimum atomic E-state index is 1.09. The van der Waals surface area contributed by atoms with E-state index in [1.54, 1.807) is 0 Å². The zero-order chi connectivity index (χ0) is 36.3. The Morgan fingerprint density at radius 2 is 1.00 bits per heavy atom. The van der Waals surface area contributed by atoms with Crippen molar-refractivity contribution in [3.05, 3.63) is 206 Å². The maximum atomic E-state index is 2.43. The van der Waals surface area contributed by atoms with Crippen LogP contribution in [0.5, 0.6) is 0 Å². The van der Waals surface area contributed by atoms with Crippen LogP contribution >= 0.6 is 11.3 Å². The van der Waals surface area contributed by atoms with Gasteiger partial charge in [0.25, 0.3) is 0 Å². The van der Waals surface area contributed by atoms with E-state index in [9.17, 15) is 0 Å². The van der Waals surface area contributed by atoms with Gasteiger partial charge in [0.1, 0.15) is 0 Å². The number of rotatable bonds is 6. The molecule has 0 saturated heterocycles. The van der Waals surface area contributed by atoms with Gasteiger partial charge in [-0.15, -0.1) is 11.3 Å². The molecule has 3 heteroatoms. The summed E-state index contributed by atoms with van der Waals surface area (Å²) in [6.07, 6.45) is 0. The van der Waals surface area contributed by atoms with Gasteiger partial charge in [-0.2, -0.15) is 0 Å². The largest absolute Gasteiger partial charge is 0.310 e. The first-order valence-electron chi connectivity index (χ1n) is 18.8. The molecule has 11 rings (SSSR count). The van der Waals surface area contributed by atoms with Crippen molar-refractivity contribution >= 4 is 81.1 Å². The van der Waals surface area contributed by atoms with Crippen LogP contribution in [0.3, 0.4) is 0 Å². The Kier molecular flexibility index (Phi) is 7.39. The van der Waals surface area contributed by atoms with E-state index < -0.39 is 0 Å². The minimum Gasteiger partial charge on any atom is -0.310 e. The Balaban J connectivity index is 1.07. The molecule has 0 bridgehead atoms. The summed E-state index contributed by atoms with van der Waals surface area (Å²) in [6.45, 7) is 0. The first kappa shape index (κ1) is 31.6. The van der Waals surface area contributed by atoms with Crippen LogP contribution < -0.4 is 4.90 Å². The SMILES string of the molecule is c1ccc(-c2ccccc2N(c2ccc(-c3cccc4c3sc3ccccc34)cc2)c2ccc(-n3c4ccccc4c4ccc5ccccc5c43)cc2)cc1. The van der Waals surface area contributed by atoms with Crippen LogP contribution in [0, 0.1) is 0 Å². The Morgan fingerprint density at radius 1 is 0.382 bits per heavy atom. The number of thiophene rings is 1. The third-order valence-corrected chi connectivity index (χ3v) is 12.2. The number of hydrogen-bond donors (Lipinski definition) is 0. The predicted octanol–water partition coefficient (Wildman–Crippen LogP) is 15.1. The van der Waals surface area contributed by atoms with E-state index in [2.05, 4.69) is 216 Å². The normalized spacial score (nSPS) is 11.6. The van der Waals surface area contributed by atoms with E-state index in [0.717, 1.165) is 22.7 Å². The molecule has 2 aromatic heterocycles. The van der Waals surface area contributed by atoms with Crippen LogP contribution in [0.15, 0.2) is 206 Å². The van der Waals surface area contributed by atoms with Crippen LogP contribution in [0.1, 0.15) is 0 Å². The zero-order valence-electron chi connectivity index (χ0n) is 29.9. The third-order valence-electron chi connectivity index (χ3n) is 11.0. The minimum absolute atomic E-state index is 1.09. The van der Waals surface area contributed by atoms with Crippen LogP contribution in [0.4, 0.5) is 17.1 Å². The summed E-state index contributed by atoms with van der Waals surface area (Å²) >= 11 is 1.88. The molecule has 0 aliphatic heterocycles. The van der Waals surface area contributed by atoms with Crippen molar-refractivity contribution in [1.82, 2.24) is 4.57 Å². The summed E-state index contributed by atoms with van der Waals surface area (Å²) < 4.78 is 5.08. The summed E-state index contributed by atoms with van der Waals surface area (Å²) in [7, 11) is 0. The van der Waals surface area contributed by atoms with E-state index in [1.165, 1.54) is 75.0 Å². The van der Waals surface area contributed by atoms with Gasteiger partial charge >= 0.3 is 0 Å². The van der Waals surface area contributed by atoms with Gasteiger partial charge in [0.2, 0.25) is 0 Å². The smallest absolute Gasteiger partial charge is 0.0619 e. The number of anilines is 3. The molecule has 0 unspecified atom stereocenters. The highest BCUT2D eigenvalue weighted by Gasteiger charge is 2.20. The van der Waals surface area contributed by atoms with Crippen molar-refractivity contribution in [3.63, 3.8) is 0 Å². The molecule has 2 heterocycles. The maximum absolute atomic E-state index is 2.43. The number of para-hydroxylation sites is 2. The molecule has 0 amide bonds. The average Bonchev–Trinajstić information content (AvgIpc) is 3.81. The van der Waals surface area contributed by atoms with Crippen LogP contribution in [-0.4, -0.2) is 4.57 Å². The van der Waals surface area contributed by atoms with Gasteiger partial charge in [-0.3, -0.25) is 0 Å². The predicted molar refractivity (Wildman–Crippen MR) is 237 cm³/mol. The Bertz CT molecular complexity index is 3190. The zero-order valence-corrected chi connectivity index (χ0v) is 30.7. The van der Waals surface area contributed by atoms with Gasteiger partial charge < -0.3 is 9.47 Å². The maximum Gasteiger partial charge on any atom is 0.0619 e. The Morgan fingerprint density at radius 3 is 1.84 bits per heavy atom. The molecule has 55 heavy (non-hydrogen) atoms. The van der Waals surface area contributed by atoms with Gasteiger partial charge in [-0.05, 0) is 76.7 Å². The molecule has 0 saturated carbocycles. The van der Waals surface area contributed by atoms with Crippen LogP contribution in [0.25, 0.3) is 80.7 Å².